The maximum absolute atomic E-state index is 13.7. The van der Waals surface area contributed by atoms with Crippen LogP contribution in [0.3, 0.4) is 0 Å². The van der Waals surface area contributed by atoms with Gasteiger partial charge in [0.25, 0.3) is 0 Å². The molecule has 0 spiro atoms. The summed E-state index contributed by atoms with van der Waals surface area (Å²) >= 11 is 0. The lowest BCUT2D eigenvalue weighted by atomic mass is 10.1. The van der Waals surface area contributed by atoms with Crippen LogP contribution in [0.1, 0.15) is 11.1 Å². The number of aryl methyl sites for hydroxylation is 1. The second kappa shape index (κ2) is 7.81. The highest BCUT2D eigenvalue weighted by molar-refractivity contribution is 5.83. The van der Waals surface area contributed by atoms with Crippen LogP contribution < -0.4 is 5.32 Å². The molecule has 156 valence electrons. The zero-order chi connectivity index (χ0) is 21.4. The maximum Gasteiger partial charge on any atom is 0.160 e. The first kappa shape index (κ1) is 19.2. The molecular formula is C23H21FN6O. The quantitative estimate of drug-likeness (QED) is 0.392. The number of aliphatic hydroxyl groups excluding tert-OH is 1. The van der Waals surface area contributed by atoms with Gasteiger partial charge in [0, 0.05) is 40.5 Å². The Labute approximate surface area is 177 Å². The molecule has 0 saturated carbocycles. The van der Waals surface area contributed by atoms with Crippen molar-refractivity contribution in [2.24, 2.45) is 0 Å². The topological polar surface area (TPSA) is 91.1 Å². The van der Waals surface area contributed by atoms with E-state index in [1.165, 1.54) is 6.07 Å². The van der Waals surface area contributed by atoms with E-state index in [1.54, 1.807) is 23.0 Å². The number of hydrogen-bond donors (Lipinski definition) is 3. The molecule has 1 aromatic carbocycles. The van der Waals surface area contributed by atoms with Crippen LogP contribution in [0.4, 0.5) is 10.2 Å². The molecule has 8 heteroatoms. The Kier molecular flexibility index (Phi) is 4.83. The molecule has 31 heavy (non-hydrogen) atoms. The number of aromatic nitrogens is 5. The van der Waals surface area contributed by atoms with E-state index in [0.717, 1.165) is 28.2 Å². The van der Waals surface area contributed by atoms with Crippen molar-refractivity contribution in [3.05, 3.63) is 78.1 Å². The van der Waals surface area contributed by atoms with Gasteiger partial charge in [-0.05, 0) is 31.0 Å². The highest BCUT2D eigenvalue weighted by Gasteiger charge is 2.16. The lowest BCUT2D eigenvalue weighted by molar-refractivity contribution is 0.273. The number of nitrogens with one attached hydrogen (secondary N) is 2. The number of benzene rings is 1. The van der Waals surface area contributed by atoms with Gasteiger partial charge in [-0.3, -0.25) is 4.98 Å². The Hall–Kier alpha value is -3.78. The zero-order valence-electron chi connectivity index (χ0n) is 16.9. The van der Waals surface area contributed by atoms with Gasteiger partial charge >= 0.3 is 0 Å². The third-order valence-corrected chi connectivity index (χ3v) is 5.36. The van der Waals surface area contributed by atoms with Gasteiger partial charge in [-0.2, -0.15) is 9.61 Å². The fraction of sp³-hybridized carbons (Fsp3) is 0.174. The van der Waals surface area contributed by atoms with Gasteiger partial charge in [-0.25, -0.2) is 9.37 Å². The number of aromatic amines is 1. The van der Waals surface area contributed by atoms with Crippen molar-refractivity contribution in [2.45, 2.75) is 19.4 Å². The molecule has 1 atom stereocenters. The normalized spacial score (nSPS) is 12.5. The summed E-state index contributed by atoms with van der Waals surface area (Å²) in [5.74, 6) is 0.239. The summed E-state index contributed by atoms with van der Waals surface area (Å²) in [6.07, 6.45) is 7.05. The van der Waals surface area contributed by atoms with Crippen LogP contribution in [0.15, 0.2) is 61.2 Å². The average molecular weight is 416 g/mol. The van der Waals surface area contributed by atoms with E-state index >= 15 is 0 Å². The van der Waals surface area contributed by atoms with Crippen molar-refractivity contribution in [3.8, 4) is 11.3 Å². The van der Waals surface area contributed by atoms with Gasteiger partial charge in [0.2, 0.25) is 0 Å². The van der Waals surface area contributed by atoms with Crippen LogP contribution in [-0.4, -0.2) is 42.3 Å². The van der Waals surface area contributed by atoms with Crippen molar-refractivity contribution in [1.29, 1.82) is 0 Å². The second-order valence-electron chi connectivity index (χ2n) is 7.57. The van der Waals surface area contributed by atoms with Crippen molar-refractivity contribution in [3.63, 3.8) is 0 Å². The summed E-state index contributed by atoms with van der Waals surface area (Å²) in [5, 5.41) is 19.0. The van der Waals surface area contributed by atoms with Crippen LogP contribution in [-0.2, 0) is 6.42 Å². The molecule has 0 radical (unpaired) electrons. The Bertz CT molecular complexity index is 1380. The van der Waals surface area contributed by atoms with Gasteiger partial charge in [-0.1, -0.05) is 18.2 Å². The van der Waals surface area contributed by atoms with Crippen LogP contribution >= 0.6 is 0 Å². The number of halogens is 1. The predicted molar refractivity (Wildman–Crippen MR) is 117 cm³/mol. The van der Waals surface area contributed by atoms with Gasteiger partial charge in [-0.15, -0.1) is 0 Å². The number of rotatable bonds is 6. The molecule has 0 fully saturated rings. The lowest BCUT2D eigenvalue weighted by Crippen LogP contribution is -2.27. The Morgan fingerprint density at radius 3 is 2.90 bits per heavy atom. The van der Waals surface area contributed by atoms with E-state index in [2.05, 4.69) is 31.4 Å². The molecule has 0 aliphatic carbocycles. The standard InChI is InChI=1S/C23H21FN6O/c1-14-9-27-30-22(8-21(29-23(14)30)16-6-17(24)12-25-10-16)28-18(13-31)7-15-11-26-20-5-3-2-4-19(15)20/h2-6,8-12,18,26,28,31H,7,13H2,1H3/t18-/m1/s1. The summed E-state index contributed by atoms with van der Waals surface area (Å²) in [7, 11) is 0. The molecule has 3 N–H and O–H groups in total. The van der Waals surface area contributed by atoms with Gasteiger partial charge in [0.05, 0.1) is 30.7 Å². The summed E-state index contributed by atoms with van der Waals surface area (Å²) < 4.78 is 15.4. The predicted octanol–water partition coefficient (Wildman–Crippen LogP) is 3.74. The third kappa shape index (κ3) is 3.62. The number of nitrogens with zero attached hydrogens (tertiary/aromatic N) is 4. The molecule has 0 aliphatic heterocycles. The molecule has 5 rings (SSSR count). The van der Waals surface area contributed by atoms with E-state index in [9.17, 15) is 9.50 Å². The van der Waals surface area contributed by atoms with E-state index in [1.807, 2.05) is 31.3 Å². The third-order valence-electron chi connectivity index (χ3n) is 5.36. The highest BCUT2D eigenvalue weighted by Crippen LogP contribution is 2.25. The highest BCUT2D eigenvalue weighted by atomic mass is 19.1. The van der Waals surface area contributed by atoms with Crippen molar-refractivity contribution < 1.29 is 9.50 Å². The van der Waals surface area contributed by atoms with Crippen LogP contribution in [0, 0.1) is 12.7 Å². The van der Waals surface area contributed by atoms with Gasteiger partial charge in [0.1, 0.15) is 11.6 Å². The summed E-state index contributed by atoms with van der Waals surface area (Å²) in [6, 6.07) is 11.0. The monoisotopic (exact) mass is 416 g/mol. The van der Waals surface area contributed by atoms with Crippen LogP contribution in [0.2, 0.25) is 0 Å². The van der Waals surface area contributed by atoms with Crippen LogP contribution in [0.5, 0.6) is 0 Å². The van der Waals surface area contributed by atoms with Crippen molar-refractivity contribution in [1.82, 2.24) is 24.6 Å². The molecule has 0 bridgehead atoms. The van der Waals surface area contributed by atoms with Gasteiger partial charge in [0.15, 0.2) is 5.65 Å². The second-order valence-corrected chi connectivity index (χ2v) is 7.57. The molecule has 7 nitrogen and oxygen atoms in total. The minimum absolute atomic E-state index is 0.0690. The van der Waals surface area contributed by atoms with Crippen LogP contribution in [0.25, 0.3) is 27.8 Å². The van der Waals surface area contributed by atoms with E-state index in [4.69, 9.17) is 0 Å². The first-order valence-corrected chi connectivity index (χ1v) is 10.0. The fourth-order valence-electron chi connectivity index (χ4n) is 3.81. The number of pyridine rings is 1. The van der Waals surface area contributed by atoms with E-state index in [-0.39, 0.29) is 12.6 Å². The molecule has 5 aromatic rings. The Morgan fingerprint density at radius 2 is 2.06 bits per heavy atom. The number of H-pyrrole nitrogens is 1. The summed E-state index contributed by atoms with van der Waals surface area (Å²) in [4.78, 5) is 11.8. The first-order valence-electron chi connectivity index (χ1n) is 10.0. The number of anilines is 1. The summed E-state index contributed by atoms with van der Waals surface area (Å²) in [6.45, 7) is 1.85. The van der Waals surface area contributed by atoms with Crippen molar-refractivity contribution in [2.75, 3.05) is 11.9 Å². The largest absolute Gasteiger partial charge is 0.394 e. The maximum atomic E-state index is 13.7. The van der Waals surface area contributed by atoms with E-state index in [0.29, 0.717) is 29.1 Å². The number of fused-ring (bicyclic) bond motifs is 2. The minimum atomic E-state index is -0.425. The Balaban J connectivity index is 1.52. The molecule has 0 unspecified atom stereocenters. The molecular weight excluding hydrogens is 395 g/mol. The van der Waals surface area contributed by atoms with Crippen molar-refractivity contribution >= 4 is 22.4 Å². The van der Waals surface area contributed by atoms with Gasteiger partial charge < -0.3 is 15.4 Å². The lowest BCUT2D eigenvalue weighted by Gasteiger charge is -2.19. The average Bonchev–Trinajstić information content (AvgIpc) is 3.37. The SMILES string of the molecule is Cc1cnn2c(N[C@@H](CO)Cc3c[nH]c4ccccc34)cc(-c3cncc(F)c3)nc12. The zero-order valence-corrected chi connectivity index (χ0v) is 16.9. The Morgan fingerprint density at radius 1 is 1.19 bits per heavy atom. The molecule has 4 heterocycles. The molecule has 4 aromatic heterocycles. The fourth-order valence-corrected chi connectivity index (χ4v) is 3.81. The molecule has 0 aliphatic rings. The number of aliphatic hydroxyl groups is 1. The number of hydrogen-bond acceptors (Lipinski definition) is 5. The van der Waals surface area contributed by atoms with E-state index < -0.39 is 5.82 Å². The minimum Gasteiger partial charge on any atom is -0.394 e. The first-order chi connectivity index (χ1) is 15.1. The molecule has 0 saturated heterocycles. The number of para-hydroxylation sites is 1. The molecule has 0 amide bonds. The smallest absolute Gasteiger partial charge is 0.160 e. The summed E-state index contributed by atoms with van der Waals surface area (Å²) in [5.41, 5.74) is 4.87.